The summed E-state index contributed by atoms with van der Waals surface area (Å²) in [6, 6.07) is 2.42. The minimum Gasteiger partial charge on any atom is -0.462 e. The van der Waals surface area contributed by atoms with Gasteiger partial charge in [0.15, 0.2) is 5.78 Å². The number of esters is 1. The molecular weight excluding hydrogens is 297 g/mol. The summed E-state index contributed by atoms with van der Waals surface area (Å²) >= 11 is 5.79. The van der Waals surface area contributed by atoms with Crippen LogP contribution in [0.5, 0.6) is 0 Å². The molecule has 0 aliphatic carbocycles. The Bertz CT molecular complexity index is 526. The molecule has 0 radical (unpaired) electrons. The number of hydrogen-bond acceptors (Lipinski definition) is 3. The summed E-state index contributed by atoms with van der Waals surface area (Å²) in [7, 11) is 0. The van der Waals surface area contributed by atoms with Gasteiger partial charge in [-0.3, -0.25) is 4.79 Å². The lowest BCUT2D eigenvalue weighted by molar-refractivity contribution is -0.137. The second-order valence-corrected chi connectivity index (χ2v) is 4.43. The van der Waals surface area contributed by atoms with Gasteiger partial charge in [0, 0.05) is 0 Å². The van der Waals surface area contributed by atoms with E-state index >= 15 is 0 Å². The molecule has 1 aromatic carbocycles. The van der Waals surface area contributed by atoms with Crippen LogP contribution in [0.15, 0.2) is 18.2 Å². The van der Waals surface area contributed by atoms with Crippen molar-refractivity contribution in [2.24, 2.45) is 0 Å². The van der Waals surface area contributed by atoms with E-state index in [1.165, 1.54) is 0 Å². The average molecular weight is 309 g/mol. The van der Waals surface area contributed by atoms with Crippen molar-refractivity contribution in [3.63, 3.8) is 0 Å². The third-order valence-corrected chi connectivity index (χ3v) is 3.05. The number of halogens is 4. The first-order valence-electron chi connectivity index (χ1n) is 5.71. The van der Waals surface area contributed by atoms with Crippen LogP contribution in [-0.2, 0) is 15.7 Å². The maximum atomic E-state index is 12.7. The molecule has 0 aliphatic rings. The van der Waals surface area contributed by atoms with E-state index in [9.17, 15) is 22.8 Å². The molecule has 3 nitrogen and oxygen atoms in total. The van der Waals surface area contributed by atoms with Crippen LogP contribution >= 0.6 is 11.6 Å². The van der Waals surface area contributed by atoms with Gasteiger partial charge in [0.2, 0.25) is 0 Å². The monoisotopic (exact) mass is 308 g/mol. The van der Waals surface area contributed by atoms with Crippen LogP contribution in [0, 0.1) is 0 Å². The highest BCUT2D eigenvalue weighted by atomic mass is 35.5. The smallest absolute Gasteiger partial charge is 0.416 e. The molecule has 1 aromatic rings. The fourth-order valence-corrected chi connectivity index (χ4v) is 1.74. The maximum Gasteiger partial charge on any atom is 0.416 e. The van der Waals surface area contributed by atoms with E-state index in [-0.39, 0.29) is 17.7 Å². The fourth-order valence-electron chi connectivity index (χ4n) is 1.56. The van der Waals surface area contributed by atoms with Gasteiger partial charge >= 0.3 is 12.1 Å². The lowest BCUT2D eigenvalue weighted by atomic mass is 9.99. The zero-order chi connectivity index (χ0) is 15.5. The quantitative estimate of drug-likeness (QED) is 0.628. The Morgan fingerprint density at radius 2 is 1.95 bits per heavy atom. The normalized spacial score (nSPS) is 12.9. The van der Waals surface area contributed by atoms with Gasteiger partial charge in [-0.15, -0.1) is 11.6 Å². The minimum absolute atomic E-state index is 0.0618. The van der Waals surface area contributed by atoms with Crippen LogP contribution < -0.4 is 0 Å². The summed E-state index contributed by atoms with van der Waals surface area (Å²) in [4.78, 5) is 23.0. The zero-order valence-electron chi connectivity index (χ0n) is 10.8. The predicted octanol–water partition coefficient (Wildman–Crippen LogP) is 3.75. The van der Waals surface area contributed by atoms with Gasteiger partial charge in [-0.25, -0.2) is 4.79 Å². The second-order valence-electron chi connectivity index (χ2n) is 3.99. The van der Waals surface area contributed by atoms with Crippen LogP contribution in [0.4, 0.5) is 13.2 Å². The molecule has 0 saturated heterocycles. The topological polar surface area (TPSA) is 43.4 Å². The van der Waals surface area contributed by atoms with Crippen LogP contribution in [0.25, 0.3) is 0 Å². The van der Waals surface area contributed by atoms with Crippen LogP contribution in [-0.4, -0.2) is 18.4 Å². The Labute approximate surface area is 118 Å². The molecule has 0 aliphatic heterocycles. The van der Waals surface area contributed by atoms with Crippen molar-refractivity contribution < 1.29 is 27.5 Å². The largest absolute Gasteiger partial charge is 0.462 e. The summed E-state index contributed by atoms with van der Waals surface area (Å²) in [6.45, 7) is 2.75. The lowest BCUT2D eigenvalue weighted by Gasteiger charge is -2.15. The molecule has 0 aromatic heterocycles. The second kappa shape index (κ2) is 6.26. The first kappa shape index (κ1) is 16.5. The number of carbonyl (C=O) groups excluding carboxylic acids is 2. The first-order valence-corrected chi connectivity index (χ1v) is 6.15. The number of ketones is 1. The van der Waals surface area contributed by atoms with Crippen molar-refractivity contribution in [3.8, 4) is 0 Å². The van der Waals surface area contributed by atoms with Gasteiger partial charge in [0.1, 0.15) is 5.38 Å². The molecule has 20 heavy (non-hydrogen) atoms. The summed E-state index contributed by atoms with van der Waals surface area (Å²) in [6.07, 6.45) is -4.59. The lowest BCUT2D eigenvalue weighted by Crippen LogP contribution is -2.15. The number of alkyl halides is 4. The number of hydrogen-bond donors (Lipinski definition) is 0. The number of carbonyl (C=O) groups is 2. The van der Waals surface area contributed by atoms with Crippen molar-refractivity contribution in [2.75, 3.05) is 6.61 Å². The van der Waals surface area contributed by atoms with Crippen molar-refractivity contribution in [1.82, 2.24) is 0 Å². The molecule has 0 heterocycles. The molecule has 0 spiro atoms. The summed E-state index contributed by atoms with van der Waals surface area (Å²) in [5, 5.41) is -1.34. The summed E-state index contributed by atoms with van der Waals surface area (Å²) in [5.41, 5.74) is -1.32. The van der Waals surface area contributed by atoms with E-state index in [2.05, 4.69) is 0 Å². The standard InChI is InChI=1S/C13H12ClF3O3/c1-3-20-12(19)9-5-4-8(13(15,16)17)6-10(9)11(14)7(2)18/h4-6,11H,3H2,1-2H3. The minimum atomic E-state index is -4.59. The first-order chi connectivity index (χ1) is 9.18. The van der Waals surface area contributed by atoms with Gasteiger partial charge in [-0.2, -0.15) is 13.2 Å². The van der Waals surface area contributed by atoms with Crippen LogP contribution in [0.1, 0.15) is 40.7 Å². The third-order valence-electron chi connectivity index (χ3n) is 2.50. The van der Waals surface area contributed by atoms with Crippen LogP contribution in [0.3, 0.4) is 0 Å². The highest BCUT2D eigenvalue weighted by Crippen LogP contribution is 2.34. The maximum absolute atomic E-state index is 12.7. The SMILES string of the molecule is CCOC(=O)c1ccc(C(F)(F)F)cc1C(Cl)C(C)=O. The highest BCUT2D eigenvalue weighted by Gasteiger charge is 2.33. The van der Waals surface area contributed by atoms with Gasteiger partial charge in [0.25, 0.3) is 0 Å². The molecule has 0 amide bonds. The molecular formula is C13H12ClF3O3. The molecule has 0 saturated carbocycles. The predicted molar refractivity (Wildman–Crippen MR) is 66.7 cm³/mol. The van der Waals surface area contributed by atoms with Crippen LogP contribution in [0.2, 0.25) is 0 Å². The van der Waals surface area contributed by atoms with Gasteiger partial charge < -0.3 is 4.74 Å². The number of rotatable bonds is 4. The summed E-state index contributed by atoms with van der Waals surface area (Å²) < 4.78 is 42.7. The van der Waals surface area contributed by atoms with Gasteiger partial charge in [0.05, 0.1) is 17.7 Å². The Balaban J connectivity index is 3.38. The number of ether oxygens (including phenoxy) is 1. The molecule has 110 valence electrons. The van der Waals surface area contributed by atoms with Crippen molar-refractivity contribution >= 4 is 23.4 Å². The van der Waals surface area contributed by atoms with Gasteiger partial charge in [-0.1, -0.05) is 0 Å². The molecule has 1 rings (SSSR count). The Morgan fingerprint density at radius 1 is 1.35 bits per heavy atom. The van der Waals surface area contributed by atoms with Crippen molar-refractivity contribution in [1.29, 1.82) is 0 Å². The number of benzene rings is 1. The van der Waals surface area contributed by atoms with Crippen molar-refractivity contribution in [2.45, 2.75) is 25.4 Å². The molecule has 0 N–H and O–H groups in total. The summed E-state index contributed by atoms with van der Waals surface area (Å²) in [5.74, 6) is -1.38. The Hall–Kier alpha value is -1.56. The van der Waals surface area contributed by atoms with E-state index in [1.54, 1.807) is 6.92 Å². The average Bonchev–Trinajstić information content (AvgIpc) is 2.36. The Morgan fingerprint density at radius 3 is 2.40 bits per heavy atom. The molecule has 0 bridgehead atoms. The van der Waals surface area contributed by atoms with E-state index in [4.69, 9.17) is 16.3 Å². The van der Waals surface area contributed by atoms with E-state index in [1.807, 2.05) is 0 Å². The van der Waals surface area contributed by atoms with E-state index in [0.717, 1.165) is 19.1 Å². The molecule has 1 atom stereocenters. The van der Waals surface area contributed by atoms with Gasteiger partial charge in [-0.05, 0) is 37.6 Å². The number of Topliss-reactive ketones (excluding diaryl/α,β-unsaturated/α-hetero) is 1. The highest BCUT2D eigenvalue weighted by molar-refractivity contribution is 6.31. The van der Waals surface area contributed by atoms with E-state index in [0.29, 0.717) is 6.07 Å². The zero-order valence-corrected chi connectivity index (χ0v) is 11.5. The molecule has 1 unspecified atom stereocenters. The Kier molecular flexibility index (Phi) is 5.16. The van der Waals surface area contributed by atoms with Crippen molar-refractivity contribution in [3.05, 3.63) is 34.9 Å². The van der Waals surface area contributed by atoms with E-state index < -0.39 is 28.9 Å². The molecule has 7 heteroatoms. The third kappa shape index (κ3) is 3.72. The molecule has 0 fully saturated rings. The fraction of sp³-hybridized carbons (Fsp3) is 0.385.